The summed E-state index contributed by atoms with van der Waals surface area (Å²) in [4.78, 5) is 0. The van der Waals surface area contributed by atoms with Gasteiger partial charge in [-0.05, 0) is 0 Å². The van der Waals surface area contributed by atoms with Gasteiger partial charge in [-0.1, -0.05) is 0 Å². The van der Waals surface area contributed by atoms with Crippen LogP contribution in [-0.4, -0.2) is 83.8 Å². The molecule has 0 amide bonds. The monoisotopic (exact) mass is 412 g/mol. The summed E-state index contributed by atoms with van der Waals surface area (Å²) in [6.45, 7) is -6.08. The molecule has 0 aliphatic carbocycles. The van der Waals surface area contributed by atoms with Crippen molar-refractivity contribution in [3.8, 4) is 0 Å². The van der Waals surface area contributed by atoms with E-state index in [0.717, 1.165) is 0 Å². The van der Waals surface area contributed by atoms with Gasteiger partial charge in [0.25, 0.3) is 5.92 Å². The average Bonchev–Trinajstić information content (AvgIpc) is 2.56. The van der Waals surface area contributed by atoms with Crippen LogP contribution in [0.1, 0.15) is 6.92 Å². The number of hydrogen-bond acceptors (Lipinski definition) is 5. The van der Waals surface area contributed by atoms with Crippen molar-refractivity contribution in [1.82, 2.24) is 0 Å². The molecule has 0 rings (SSSR count). The van der Waals surface area contributed by atoms with Crippen molar-refractivity contribution in [2.24, 2.45) is 0 Å². The van der Waals surface area contributed by atoms with Crippen molar-refractivity contribution >= 4 is 0 Å². The Bertz CT molecular complexity index is 280. The number of hydrogen-bond donors (Lipinski definition) is 1. The van der Waals surface area contributed by atoms with Gasteiger partial charge in [-0.25, -0.2) is 22.0 Å². The van der Waals surface area contributed by atoms with Gasteiger partial charge in [0.1, 0.15) is 26.0 Å². The molecule has 0 spiro atoms. The maximum absolute atomic E-state index is 13.0. The smallest absolute Gasteiger partial charge is 0.353 e. The number of rotatable bonds is 13. The van der Waals surface area contributed by atoms with Gasteiger partial charge in [0.05, 0.1) is 27.0 Å². The van der Waals surface area contributed by atoms with Gasteiger partial charge in [-0.2, -0.15) is 8.78 Å². The number of aliphatic hydroxyl groups excluding tert-OH is 1. The highest BCUT2D eigenvalue weighted by Crippen LogP contribution is 2.20. The molecule has 0 saturated heterocycles. The average molecular weight is 412 g/mol. The van der Waals surface area contributed by atoms with Crippen molar-refractivity contribution in [3.63, 3.8) is 0 Å². The summed E-state index contributed by atoms with van der Waals surface area (Å²) < 4.78 is 109. The van der Waals surface area contributed by atoms with E-state index < -0.39 is 58.4 Å². The second kappa shape index (κ2) is 19.0. The minimum absolute atomic E-state index is 0.216. The van der Waals surface area contributed by atoms with Gasteiger partial charge < -0.3 is 24.1 Å². The van der Waals surface area contributed by atoms with Crippen molar-refractivity contribution in [3.05, 3.63) is 0 Å². The minimum atomic E-state index is -3.65. The normalized spacial score (nSPS) is 12.6. The summed E-state index contributed by atoms with van der Waals surface area (Å²) >= 11 is 0. The van der Waals surface area contributed by atoms with E-state index in [1.165, 1.54) is 0 Å². The highest BCUT2D eigenvalue weighted by atomic mass is 19.3. The zero-order chi connectivity index (χ0) is 21.1. The lowest BCUT2D eigenvalue weighted by atomic mass is 10.3. The Morgan fingerprint density at radius 3 is 1.73 bits per heavy atom. The van der Waals surface area contributed by atoms with Crippen molar-refractivity contribution in [2.45, 2.75) is 25.1 Å². The lowest BCUT2D eigenvalue weighted by Gasteiger charge is -2.20. The first kappa shape index (κ1) is 30.0. The number of aliphatic hydroxyl groups is 1. The van der Waals surface area contributed by atoms with Crippen LogP contribution < -0.4 is 0 Å². The summed E-state index contributed by atoms with van der Waals surface area (Å²) in [7, 11) is 0.500. The largest absolute Gasteiger partial charge is 0.388 e. The molecule has 0 saturated carbocycles. The Balaban J connectivity index is -0.000000645. The van der Waals surface area contributed by atoms with Crippen LogP contribution in [0, 0.1) is 0 Å². The zero-order valence-corrected chi connectivity index (χ0v) is 14.3. The number of alkyl halides is 8. The van der Waals surface area contributed by atoms with Crippen molar-refractivity contribution in [1.29, 1.82) is 0 Å². The van der Waals surface area contributed by atoms with E-state index in [-0.39, 0.29) is 13.2 Å². The van der Waals surface area contributed by atoms with E-state index in [9.17, 15) is 35.1 Å². The highest BCUT2D eigenvalue weighted by Gasteiger charge is 2.35. The molecule has 1 N–H and O–H groups in total. The van der Waals surface area contributed by atoms with E-state index >= 15 is 0 Å². The fourth-order valence-corrected chi connectivity index (χ4v) is 0.969. The molecule has 1 atom stereocenters. The molecule has 0 aliphatic rings. The minimum Gasteiger partial charge on any atom is -0.388 e. The zero-order valence-electron chi connectivity index (χ0n) is 14.3. The molecule has 5 nitrogen and oxygen atoms in total. The van der Waals surface area contributed by atoms with Gasteiger partial charge in [0.2, 0.25) is 0 Å². The topological polar surface area (TPSA) is 57.2 Å². The van der Waals surface area contributed by atoms with E-state index in [2.05, 4.69) is 18.9 Å². The van der Waals surface area contributed by atoms with Crippen LogP contribution in [0.4, 0.5) is 35.1 Å². The fourth-order valence-electron chi connectivity index (χ4n) is 0.969. The molecular weight excluding hydrogens is 388 g/mol. The highest BCUT2D eigenvalue weighted by molar-refractivity contribution is 4.65. The first-order valence-corrected chi connectivity index (χ1v) is 6.94. The van der Waals surface area contributed by atoms with Crippen LogP contribution in [-0.2, 0) is 18.9 Å². The summed E-state index contributed by atoms with van der Waals surface area (Å²) in [5, 5.41) is 9.16. The van der Waals surface area contributed by atoms with Crippen LogP contribution >= 0.6 is 0 Å². The van der Waals surface area contributed by atoms with Crippen LogP contribution in [0.2, 0.25) is 0 Å². The molecule has 162 valence electrons. The van der Waals surface area contributed by atoms with Gasteiger partial charge in [0.15, 0.2) is 13.7 Å². The summed E-state index contributed by atoms with van der Waals surface area (Å²) in [6, 6.07) is 0. The third kappa shape index (κ3) is 28.1. The molecule has 0 heterocycles. The van der Waals surface area contributed by atoms with E-state index in [0.29, 0.717) is 14.1 Å². The third-order valence-corrected chi connectivity index (χ3v) is 1.85. The van der Waals surface area contributed by atoms with Crippen molar-refractivity contribution in [2.75, 3.05) is 60.6 Å². The summed E-state index contributed by atoms with van der Waals surface area (Å²) in [5.41, 5.74) is 0. The molecule has 0 bridgehead atoms. The second-order valence-corrected chi connectivity index (χ2v) is 4.31. The Morgan fingerprint density at radius 2 is 1.35 bits per heavy atom. The maximum Gasteiger partial charge on any atom is 0.353 e. The molecule has 1 unspecified atom stereocenters. The SMILES string of the molecule is CC(F)(F)OCC(F)(F)COCC(O)COCCF.CF.FCOCF. The Kier molecular flexibility index (Phi) is 21.9. The first-order valence-electron chi connectivity index (χ1n) is 6.94. The van der Waals surface area contributed by atoms with Crippen LogP contribution in [0.5, 0.6) is 0 Å². The summed E-state index contributed by atoms with van der Waals surface area (Å²) in [6.07, 6.45) is -4.85. The second-order valence-electron chi connectivity index (χ2n) is 4.31. The molecule has 0 aromatic rings. The number of ether oxygens (including phenoxy) is 4. The van der Waals surface area contributed by atoms with Crippen LogP contribution in [0.15, 0.2) is 0 Å². The third-order valence-electron chi connectivity index (χ3n) is 1.85. The molecule has 26 heavy (non-hydrogen) atoms. The van der Waals surface area contributed by atoms with Crippen LogP contribution in [0.25, 0.3) is 0 Å². The molecule has 13 heteroatoms. The number of halogens is 8. The van der Waals surface area contributed by atoms with Gasteiger partial charge >= 0.3 is 6.11 Å². The molecule has 0 aromatic carbocycles. The molecule has 0 aliphatic heterocycles. The van der Waals surface area contributed by atoms with Crippen LogP contribution in [0.3, 0.4) is 0 Å². The predicted octanol–water partition coefficient (Wildman–Crippen LogP) is 3.06. The van der Waals surface area contributed by atoms with E-state index in [1.54, 1.807) is 0 Å². The molecular formula is C13H24F8O5. The lowest BCUT2D eigenvalue weighted by Crippen LogP contribution is -2.35. The Morgan fingerprint density at radius 1 is 0.846 bits per heavy atom. The van der Waals surface area contributed by atoms with Gasteiger partial charge in [-0.15, -0.1) is 0 Å². The lowest BCUT2D eigenvalue weighted by molar-refractivity contribution is -0.260. The quantitative estimate of drug-likeness (QED) is 0.372. The van der Waals surface area contributed by atoms with Gasteiger partial charge in [-0.3, -0.25) is 4.39 Å². The molecule has 0 fully saturated rings. The van der Waals surface area contributed by atoms with E-state index in [1.807, 2.05) is 0 Å². The molecule has 0 aromatic heterocycles. The summed E-state index contributed by atoms with van der Waals surface area (Å²) in [5.74, 6) is -3.60. The first-order chi connectivity index (χ1) is 12.1. The standard InChI is InChI=1S/C10H17F5O4.C2H4F2O.CH3F/c1-9(12,13)19-7-10(14,15)6-18-5-8(16)4-17-3-2-11;3-1-5-2-4;1-2/h8,16H,2-7H2,1H3;1-2H2;1H3. The predicted molar refractivity (Wildman–Crippen MR) is 75.2 cm³/mol. The Labute approximate surface area is 146 Å². The molecule has 0 radical (unpaired) electrons. The maximum atomic E-state index is 13.0. The Hall–Kier alpha value is -0.760. The fraction of sp³-hybridized carbons (Fsp3) is 1.00. The van der Waals surface area contributed by atoms with Crippen molar-refractivity contribution < 1.29 is 59.2 Å². The van der Waals surface area contributed by atoms with Gasteiger partial charge in [0, 0.05) is 6.92 Å². The van der Waals surface area contributed by atoms with E-state index in [4.69, 9.17) is 5.11 Å².